The first-order valence-corrected chi connectivity index (χ1v) is 10.6. The van der Waals surface area contributed by atoms with E-state index in [0.717, 1.165) is 41.2 Å². The van der Waals surface area contributed by atoms with Gasteiger partial charge in [0.25, 0.3) is 0 Å². The van der Waals surface area contributed by atoms with E-state index in [1.807, 2.05) is 55.0 Å². The molecule has 0 radical (unpaired) electrons. The van der Waals surface area contributed by atoms with Gasteiger partial charge in [-0.05, 0) is 49.2 Å². The average molecular weight is 435 g/mol. The Morgan fingerprint density at radius 1 is 1.16 bits per heavy atom. The second kappa shape index (κ2) is 8.86. The zero-order valence-corrected chi connectivity index (χ0v) is 18.7. The predicted molar refractivity (Wildman–Crippen MR) is 123 cm³/mol. The van der Waals surface area contributed by atoms with E-state index in [0.29, 0.717) is 5.84 Å². The maximum absolute atomic E-state index is 13.4. The van der Waals surface area contributed by atoms with Crippen LogP contribution in [0.4, 0.5) is 4.39 Å². The molecule has 1 aliphatic heterocycles. The molecule has 1 aromatic heterocycles. The molecular formula is C25H27FN4O2. The molecule has 166 valence electrons. The van der Waals surface area contributed by atoms with Crippen LogP contribution in [0.2, 0.25) is 0 Å². The second-order valence-electron chi connectivity index (χ2n) is 7.87. The van der Waals surface area contributed by atoms with Gasteiger partial charge >= 0.3 is 0 Å². The number of imidazole rings is 1. The van der Waals surface area contributed by atoms with Crippen molar-refractivity contribution in [3.63, 3.8) is 0 Å². The molecule has 2 aromatic carbocycles. The zero-order valence-electron chi connectivity index (χ0n) is 18.7. The molecule has 3 aromatic rings. The summed E-state index contributed by atoms with van der Waals surface area (Å²) >= 11 is 0. The Labute approximate surface area is 187 Å². The SMILES string of the molecule is CCCN1C(/C=C/c2ccc(-n3cnc(C)c3)c(OC)c2)=NOC1(C)c1ccc(F)cc1. The molecule has 0 saturated carbocycles. The normalized spacial score (nSPS) is 18.2. The maximum atomic E-state index is 13.4. The largest absolute Gasteiger partial charge is 0.495 e. The van der Waals surface area contributed by atoms with Crippen LogP contribution in [-0.4, -0.2) is 33.9 Å². The van der Waals surface area contributed by atoms with Crippen molar-refractivity contribution in [3.8, 4) is 11.4 Å². The molecule has 0 fully saturated rings. The van der Waals surface area contributed by atoms with Crippen LogP contribution in [0.1, 0.15) is 37.1 Å². The lowest BCUT2D eigenvalue weighted by Gasteiger charge is -2.34. The van der Waals surface area contributed by atoms with Gasteiger partial charge in [0.2, 0.25) is 5.72 Å². The number of nitrogens with zero attached hydrogens (tertiary/aromatic N) is 4. The van der Waals surface area contributed by atoms with Crippen molar-refractivity contribution in [3.05, 3.63) is 83.7 Å². The summed E-state index contributed by atoms with van der Waals surface area (Å²) in [5.74, 6) is 1.18. The summed E-state index contributed by atoms with van der Waals surface area (Å²) in [6.07, 6.45) is 8.55. The summed E-state index contributed by atoms with van der Waals surface area (Å²) in [6, 6.07) is 12.3. The fraction of sp³-hybridized carbons (Fsp3) is 0.280. The molecule has 0 bridgehead atoms. The first kappa shape index (κ1) is 21.6. The summed E-state index contributed by atoms with van der Waals surface area (Å²) in [7, 11) is 1.65. The van der Waals surface area contributed by atoms with Gasteiger partial charge < -0.3 is 19.0 Å². The minimum absolute atomic E-state index is 0.276. The summed E-state index contributed by atoms with van der Waals surface area (Å²) in [5, 5.41) is 4.33. The average Bonchev–Trinajstić information content (AvgIpc) is 3.37. The van der Waals surface area contributed by atoms with Gasteiger partial charge in [0.1, 0.15) is 11.6 Å². The highest BCUT2D eigenvalue weighted by Crippen LogP contribution is 2.35. The van der Waals surface area contributed by atoms with Crippen LogP contribution in [0, 0.1) is 12.7 Å². The highest BCUT2D eigenvalue weighted by molar-refractivity contribution is 5.97. The molecule has 1 unspecified atom stereocenters. The van der Waals surface area contributed by atoms with Crippen LogP contribution in [0.5, 0.6) is 5.75 Å². The predicted octanol–water partition coefficient (Wildman–Crippen LogP) is 5.27. The van der Waals surface area contributed by atoms with Gasteiger partial charge in [-0.15, -0.1) is 0 Å². The minimum Gasteiger partial charge on any atom is -0.495 e. The summed E-state index contributed by atoms with van der Waals surface area (Å²) in [6.45, 7) is 6.75. The molecule has 6 nitrogen and oxygen atoms in total. The number of halogens is 1. The fourth-order valence-corrected chi connectivity index (χ4v) is 3.83. The van der Waals surface area contributed by atoms with Crippen molar-refractivity contribution in [2.45, 2.75) is 32.9 Å². The lowest BCUT2D eigenvalue weighted by atomic mass is 10.0. The highest BCUT2D eigenvalue weighted by atomic mass is 19.1. The third kappa shape index (κ3) is 4.10. The van der Waals surface area contributed by atoms with E-state index < -0.39 is 5.72 Å². The Balaban J connectivity index is 1.59. The second-order valence-corrected chi connectivity index (χ2v) is 7.87. The van der Waals surface area contributed by atoms with Gasteiger partial charge in [-0.25, -0.2) is 9.37 Å². The standard InChI is InChI=1S/C25H27FN4O2/c1-5-14-30-24(28-32-25(30,3)20-8-10-21(26)11-9-20)13-7-19-6-12-22(23(15-19)31-4)29-16-18(2)27-17-29/h6-13,15-17H,5,14H2,1-4H3/b13-7+. The molecule has 7 heteroatoms. The molecule has 32 heavy (non-hydrogen) atoms. The molecule has 4 rings (SSSR count). The van der Waals surface area contributed by atoms with Crippen molar-refractivity contribution in [1.82, 2.24) is 14.5 Å². The van der Waals surface area contributed by atoms with Crippen molar-refractivity contribution in [1.29, 1.82) is 0 Å². The van der Waals surface area contributed by atoms with Crippen LogP contribution in [-0.2, 0) is 10.6 Å². The van der Waals surface area contributed by atoms with Gasteiger partial charge in [-0.2, -0.15) is 0 Å². The monoisotopic (exact) mass is 434 g/mol. The Morgan fingerprint density at radius 3 is 2.59 bits per heavy atom. The van der Waals surface area contributed by atoms with Gasteiger partial charge in [-0.3, -0.25) is 0 Å². The van der Waals surface area contributed by atoms with Crippen LogP contribution in [0.15, 0.2) is 66.2 Å². The van der Waals surface area contributed by atoms with Crippen LogP contribution in [0.25, 0.3) is 11.8 Å². The zero-order chi connectivity index (χ0) is 22.7. The number of hydrogen-bond acceptors (Lipinski definition) is 5. The Morgan fingerprint density at radius 2 is 1.94 bits per heavy atom. The number of oxime groups is 1. The van der Waals surface area contributed by atoms with E-state index >= 15 is 0 Å². The van der Waals surface area contributed by atoms with Gasteiger partial charge in [-0.1, -0.05) is 36.4 Å². The van der Waals surface area contributed by atoms with Crippen LogP contribution < -0.4 is 4.74 Å². The van der Waals surface area contributed by atoms with Crippen LogP contribution in [0.3, 0.4) is 0 Å². The summed E-state index contributed by atoms with van der Waals surface area (Å²) < 4.78 is 21.0. The molecule has 0 aliphatic carbocycles. The minimum atomic E-state index is -0.787. The molecular weight excluding hydrogens is 407 g/mol. The van der Waals surface area contributed by atoms with Crippen molar-refractivity contribution >= 4 is 11.9 Å². The van der Waals surface area contributed by atoms with Crippen molar-refractivity contribution in [2.75, 3.05) is 13.7 Å². The summed E-state index contributed by atoms with van der Waals surface area (Å²) in [4.78, 5) is 12.2. The Bertz CT molecular complexity index is 1150. The molecule has 0 amide bonds. The Kier molecular flexibility index (Phi) is 5.99. The number of benzene rings is 2. The van der Waals surface area contributed by atoms with E-state index in [2.05, 4.69) is 22.0 Å². The first-order valence-electron chi connectivity index (χ1n) is 10.6. The smallest absolute Gasteiger partial charge is 0.234 e. The van der Waals surface area contributed by atoms with E-state index in [-0.39, 0.29) is 5.82 Å². The number of amidine groups is 1. The highest BCUT2D eigenvalue weighted by Gasteiger charge is 2.42. The number of ether oxygens (including phenoxy) is 1. The van der Waals surface area contributed by atoms with E-state index in [1.165, 1.54) is 12.1 Å². The first-order chi connectivity index (χ1) is 15.4. The Hall–Kier alpha value is -3.61. The summed E-state index contributed by atoms with van der Waals surface area (Å²) in [5.41, 5.74) is 2.89. The third-order valence-corrected chi connectivity index (χ3v) is 5.55. The van der Waals surface area contributed by atoms with E-state index in [9.17, 15) is 4.39 Å². The van der Waals surface area contributed by atoms with Gasteiger partial charge in [0, 0.05) is 25.2 Å². The van der Waals surface area contributed by atoms with E-state index in [1.54, 1.807) is 25.6 Å². The van der Waals surface area contributed by atoms with Gasteiger partial charge in [0.15, 0.2) is 5.84 Å². The van der Waals surface area contributed by atoms with Crippen LogP contribution >= 0.6 is 0 Å². The van der Waals surface area contributed by atoms with Crippen molar-refractivity contribution < 1.29 is 14.0 Å². The third-order valence-electron chi connectivity index (χ3n) is 5.55. The molecule has 1 aliphatic rings. The maximum Gasteiger partial charge on any atom is 0.234 e. The lowest BCUT2D eigenvalue weighted by molar-refractivity contribution is -0.0902. The quantitative estimate of drug-likeness (QED) is 0.508. The number of rotatable bonds is 7. The number of methoxy groups -OCH3 is 1. The fourth-order valence-electron chi connectivity index (χ4n) is 3.83. The topological polar surface area (TPSA) is 51.9 Å². The lowest BCUT2D eigenvalue weighted by Crippen LogP contribution is -2.43. The molecule has 2 heterocycles. The molecule has 1 atom stereocenters. The van der Waals surface area contributed by atoms with Gasteiger partial charge in [0.05, 0.1) is 24.8 Å². The molecule has 0 saturated heterocycles. The van der Waals surface area contributed by atoms with E-state index in [4.69, 9.17) is 9.57 Å². The van der Waals surface area contributed by atoms with Crippen molar-refractivity contribution in [2.24, 2.45) is 5.16 Å². The number of hydrogen-bond donors (Lipinski definition) is 0. The number of aromatic nitrogens is 2. The molecule has 0 N–H and O–H groups in total. The molecule has 0 spiro atoms. The number of aryl methyl sites for hydroxylation is 1.